The highest BCUT2D eigenvalue weighted by molar-refractivity contribution is 6.14. The third-order valence-corrected chi connectivity index (χ3v) is 10.5. The molecular formula is C53H38F6N6O6. The first kappa shape index (κ1) is 48.7. The predicted molar refractivity (Wildman–Crippen MR) is 252 cm³/mol. The fraction of sp³-hybridized carbons (Fsp3) is 0.0943. The highest BCUT2D eigenvalue weighted by atomic mass is 19.4. The summed E-state index contributed by atoms with van der Waals surface area (Å²) in [7, 11) is 0. The molecule has 9 aromatic rings. The standard InChI is InChI=1S/C30H22F3N3O3.C23H16F3N3O3/c31-30(32,33)22-9-5-10-23(15-22)36-29(37)27-11-4-8-21-14-25(12-13-26(21)27)39-28-16-24(34-19-35-28)18-38-17-20-6-2-1-3-7-20;24-23(25,26)15-4-2-5-16(10-15)29-22(31)20-6-1-3-14-9-18(7-8-19(14)20)32-21-11-17(12-30)27-13-28-21/h1-16,19H,17-18H2,(H,36,37);1-11,13,30H,12H2,(H,29,31). The third kappa shape index (κ3) is 12.9. The van der Waals surface area contributed by atoms with Gasteiger partial charge < -0.3 is 30.0 Å². The van der Waals surface area contributed by atoms with E-state index in [1.165, 1.54) is 43.0 Å². The molecule has 0 unspecified atom stereocenters. The molecule has 0 aliphatic carbocycles. The van der Waals surface area contributed by atoms with Crippen LogP contribution in [0.1, 0.15) is 48.8 Å². The summed E-state index contributed by atoms with van der Waals surface area (Å²) in [6, 6.07) is 42.3. The van der Waals surface area contributed by atoms with E-state index in [1.54, 1.807) is 72.8 Å². The maximum atomic E-state index is 13.0. The molecule has 9 rings (SSSR count). The van der Waals surface area contributed by atoms with Crippen molar-refractivity contribution in [2.24, 2.45) is 0 Å². The lowest BCUT2D eigenvalue weighted by atomic mass is 10.0. The molecule has 0 bridgehead atoms. The van der Waals surface area contributed by atoms with Gasteiger partial charge in [0.05, 0.1) is 42.3 Å². The SMILES string of the molecule is O=C(Nc1cccc(C(F)(F)F)c1)c1cccc2cc(Oc3cc(CO)ncn3)ccc12.O=C(Nc1cccc(C(F)(F)F)c1)c1cccc2cc(Oc3cc(COCc4ccccc4)ncn3)ccc12. The van der Waals surface area contributed by atoms with E-state index in [2.05, 4.69) is 30.6 Å². The first-order chi connectivity index (χ1) is 34.2. The zero-order valence-corrected chi connectivity index (χ0v) is 36.9. The molecule has 358 valence electrons. The average Bonchev–Trinajstić information content (AvgIpc) is 3.36. The van der Waals surface area contributed by atoms with Crippen molar-refractivity contribution < 1.29 is 55.2 Å². The Balaban J connectivity index is 0.000000194. The van der Waals surface area contributed by atoms with E-state index >= 15 is 0 Å². The number of anilines is 2. The van der Waals surface area contributed by atoms with Gasteiger partial charge in [0.15, 0.2) is 0 Å². The van der Waals surface area contributed by atoms with Gasteiger partial charge in [-0.15, -0.1) is 0 Å². The zero-order valence-electron chi connectivity index (χ0n) is 36.9. The van der Waals surface area contributed by atoms with Crippen LogP contribution in [0.2, 0.25) is 0 Å². The molecule has 2 aromatic heterocycles. The van der Waals surface area contributed by atoms with Crippen LogP contribution in [0.4, 0.5) is 37.7 Å². The summed E-state index contributed by atoms with van der Waals surface area (Å²) in [6.07, 6.45) is -6.33. The van der Waals surface area contributed by atoms with Crippen molar-refractivity contribution in [3.63, 3.8) is 0 Å². The number of aromatic nitrogens is 4. The lowest BCUT2D eigenvalue weighted by molar-refractivity contribution is -0.138. The number of hydrogen-bond acceptors (Lipinski definition) is 10. The van der Waals surface area contributed by atoms with E-state index in [0.717, 1.165) is 29.8 Å². The normalized spacial score (nSPS) is 11.4. The van der Waals surface area contributed by atoms with Gasteiger partial charge in [-0.1, -0.05) is 66.7 Å². The number of halogens is 6. The summed E-state index contributed by atoms with van der Waals surface area (Å²) in [6.45, 7) is 0.492. The highest BCUT2D eigenvalue weighted by Crippen LogP contribution is 2.34. The molecule has 2 amide bonds. The Labute approximate surface area is 400 Å². The monoisotopic (exact) mass is 968 g/mol. The Morgan fingerprint density at radius 3 is 1.46 bits per heavy atom. The summed E-state index contributed by atoms with van der Waals surface area (Å²) in [5.41, 5.74) is 1.16. The van der Waals surface area contributed by atoms with Gasteiger partial charge in [-0.25, -0.2) is 19.9 Å². The van der Waals surface area contributed by atoms with E-state index in [4.69, 9.17) is 14.2 Å². The van der Waals surface area contributed by atoms with Crippen LogP contribution >= 0.6 is 0 Å². The van der Waals surface area contributed by atoms with Crippen molar-refractivity contribution in [1.29, 1.82) is 0 Å². The molecule has 7 aromatic carbocycles. The van der Waals surface area contributed by atoms with E-state index in [1.807, 2.05) is 36.4 Å². The molecule has 0 aliphatic heterocycles. The molecule has 18 heteroatoms. The Kier molecular flexibility index (Phi) is 14.9. The van der Waals surface area contributed by atoms with Crippen molar-refractivity contribution in [2.45, 2.75) is 32.2 Å². The first-order valence-electron chi connectivity index (χ1n) is 21.4. The number of nitrogens with zero attached hydrogens (tertiary/aromatic N) is 4. The molecular weight excluding hydrogens is 931 g/mol. The summed E-state index contributed by atoms with van der Waals surface area (Å²) < 4.78 is 95.2. The Bertz CT molecular complexity index is 3340. The predicted octanol–water partition coefficient (Wildman–Crippen LogP) is 12.6. The smallest absolute Gasteiger partial charge is 0.416 e. The van der Waals surface area contributed by atoms with Crippen LogP contribution in [-0.4, -0.2) is 36.9 Å². The minimum atomic E-state index is -4.50. The summed E-state index contributed by atoms with van der Waals surface area (Å²) >= 11 is 0. The molecule has 3 N–H and O–H groups in total. The largest absolute Gasteiger partial charge is 0.439 e. The number of hydrogen-bond donors (Lipinski definition) is 3. The Morgan fingerprint density at radius 1 is 0.493 bits per heavy atom. The lowest BCUT2D eigenvalue weighted by Gasteiger charge is -2.12. The van der Waals surface area contributed by atoms with Crippen molar-refractivity contribution >= 4 is 44.7 Å². The molecule has 0 spiro atoms. The van der Waals surface area contributed by atoms with Gasteiger partial charge in [0.2, 0.25) is 11.8 Å². The number of carbonyl (C=O) groups is 2. The third-order valence-electron chi connectivity index (χ3n) is 10.5. The molecule has 12 nitrogen and oxygen atoms in total. The number of nitrogens with one attached hydrogen (secondary N) is 2. The lowest BCUT2D eigenvalue weighted by Crippen LogP contribution is -2.13. The van der Waals surface area contributed by atoms with Gasteiger partial charge in [-0.3, -0.25) is 9.59 Å². The van der Waals surface area contributed by atoms with Gasteiger partial charge in [0.25, 0.3) is 11.8 Å². The fourth-order valence-electron chi connectivity index (χ4n) is 7.11. The number of aliphatic hydroxyl groups is 1. The number of carbonyl (C=O) groups excluding carboxylic acids is 2. The Hall–Kier alpha value is -8.74. The van der Waals surface area contributed by atoms with Crippen LogP contribution in [0.3, 0.4) is 0 Å². The molecule has 71 heavy (non-hydrogen) atoms. The van der Waals surface area contributed by atoms with Crippen LogP contribution in [-0.2, 0) is 36.9 Å². The molecule has 0 saturated heterocycles. The van der Waals surface area contributed by atoms with Gasteiger partial charge in [0, 0.05) is 34.6 Å². The topological polar surface area (TPSA) is 158 Å². The average molecular weight is 969 g/mol. The maximum absolute atomic E-state index is 13.0. The minimum Gasteiger partial charge on any atom is -0.439 e. The second-order valence-electron chi connectivity index (χ2n) is 15.5. The second kappa shape index (κ2) is 21.7. The number of fused-ring (bicyclic) bond motifs is 2. The number of amides is 2. The van der Waals surface area contributed by atoms with E-state index < -0.39 is 35.3 Å². The number of ether oxygens (including phenoxy) is 3. The molecule has 0 atom stereocenters. The van der Waals surface area contributed by atoms with Crippen molar-refractivity contribution in [3.8, 4) is 23.3 Å². The molecule has 0 saturated carbocycles. The summed E-state index contributed by atoms with van der Waals surface area (Å²) in [5, 5.41) is 16.9. The van der Waals surface area contributed by atoms with E-state index in [-0.39, 0.29) is 30.5 Å². The Morgan fingerprint density at radius 2 is 0.972 bits per heavy atom. The maximum Gasteiger partial charge on any atom is 0.416 e. The second-order valence-corrected chi connectivity index (χ2v) is 15.5. The van der Waals surface area contributed by atoms with Gasteiger partial charge in [0.1, 0.15) is 24.2 Å². The molecule has 0 radical (unpaired) electrons. The summed E-state index contributed by atoms with van der Waals surface area (Å²) in [5.74, 6) is 0.475. The van der Waals surface area contributed by atoms with Gasteiger partial charge >= 0.3 is 12.4 Å². The molecule has 0 aliphatic rings. The van der Waals surface area contributed by atoms with Crippen molar-refractivity contribution in [1.82, 2.24) is 19.9 Å². The molecule has 0 fully saturated rings. The number of aliphatic hydroxyl groups excluding tert-OH is 1. The quantitative estimate of drug-likeness (QED) is 0.0950. The molecule has 2 heterocycles. The van der Waals surface area contributed by atoms with Crippen LogP contribution in [0.15, 0.2) is 176 Å². The van der Waals surface area contributed by atoms with Crippen molar-refractivity contribution in [2.75, 3.05) is 10.6 Å². The zero-order chi connectivity index (χ0) is 50.0. The van der Waals surface area contributed by atoms with Crippen molar-refractivity contribution in [3.05, 3.63) is 216 Å². The van der Waals surface area contributed by atoms with Gasteiger partial charge in [-0.2, -0.15) is 26.3 Å². The van der Waals surface area contributed by atoms with E-state index in [9.17, 15) is 41.0 Å². The minimum absolute atomic E-state index is 0.0465. The van der Waals surface area contributed by atoms with Gasteiger partial charge in [-0.05, 0) is 112 Å². The number of rotatable bonds is 13. The van der Waals surface area contributed by atoms with Crippen LogP contribution in [0, 0.1) is 0 Å². The van der Waals surface area contributed by atoms with Crippen LogP contribution in [0.25, 0.3) is 21.5 Å². The highest BCUT2D eigenvalue weighted by Gasteiger charge is 2.31. The summed E-state index contributed by atoms with van der Waals surface area (Å²) in [4.78, 5) is 42.0. The number of alkyl halides is 6. The number of benzene rings is 7. The van der Waals surface area contributed by atoms with E-state index in [0.29, 0.717) is 68.0 Å². The van der Waals surface area contributed by atoms with Crippen LogP contribution in [0.5, 0.6) is 23.3 Å². The van der Waals surface area contributed by atoms with Crippen LogP contribution < -0.4 is 20.1 Å². The first-order valence-corrected chi connectivity index (χ1v) is 21.4. The fourth-order valence-corrected chi connectivity index (χ4v) is 7.11.